The van der Waals surface area contributed by atoms with E-state index in [9.17, 15) is 0 Å². The highest BCUT2D eigenvalue weighted by atomic mass is 16.5. The number of hydrogen-bond donors (Lipinski definition) is 1. The molecule has 0 saturated carbocycles. The zero-order chi connectivity index (χ0) is 11.1. The molecule has 0 aliphatic heterocycles. The Labute approximate surface area is 90.2 Å². The topological polar surface area (TPSA) is 64.3 Å². The molecule has 5 heteroatoms. The normalized spacial score (nSPS) is 10.3. The molecule has 5 nitrogen and oxygen atoms in total. The fraction of sp³-hybridized carbons (Fsp3) is 0.600. The molecule has 0 fully saturated rings. The van der Waals surface area contributed by atoms with E-state index in [4.69, 9.17) is 10.5 Å². The highest BCUT2D eigenvalue weighted by molar-refractivity contribution is 5.35. The third-order valence-corrected chi connectivity index (χ3v) is 2.08. The summed E-state index contributed by atoms with van der Waals surface area (Å²) in [6.45, 7) is 4.66. The van der Waals surface area contributed by atoms with Gasteiger partial charge in [-0.25, -0.2) is 0 Å². The Morgan fingerprint density at radius 3 is 2.73 bits per heavy atom. The Kier molecular flexibility index (Phi) is 5.00. The summed E-state index contributed by atoms with van der Waals surface area (Å²) < 4.78 is 5.26. The molecule has 0 bridgehead atoms. The molecule has 0 aromatic carbocycles. The third-order valence-electron chi connectivity index (χ3n) is 2.08. The van der Waals surface area contributed by atoms with Gasteiger partial charge in [-0.2, -0.15) is 5.10 Å². The molecule has 0 atom stereocenters. The van der Waals surface area contributed by atoms with Gasteiger partial charge in [-0.1, -0.05) is 0 Å². The second-order valence-corrected chi connectivity index (χ2v) is 3.21. The molecular formula is C10H18N4O. The molecule has 1 aromatic heterocycles. The first kappa shape index (κ1) is 11.9. The quantitative estimate of drug-likeness (QED) is 0.689. The maximum Gasteiger partial charge on any atom is 0.151 e. The molecule has 1 heterocycles. The summed E-state index contributed by atoms with van der Waals surface area (Å²) in [4.78, 5) is 2.00. The second-order valence-electron chi connectivity index (χ2n) is 3.21. The molecule has 2 N–H and O–H groups in total. The van der Waals surface area contributed by atoms with E-state index >= 15 is 0 Å². The van der Waals surface area contributed by atoms with E-state index in [0.717, 1.165) is 24.7 Å². The highest BCUT2D eigenvalue weighted by Crippen LogP contribution is 2.06. The van der Waals surface area contributed by atoms with Crippen molar-refractivity contribution >= 4 is 5.82 Å². The fourth-order valence-corrected chi connectivity index (χ4v) is 1.13. The SMILES string of the molecule is CCOCCN(C)c1ccc(CN)nn1. The first-order valence-electron chi connectivity index (χ1n) is 5.09. The lowest BCUT2D eigenvalue weighted by Crippen LogP contribution is -2.24. The summed E-state index contributed by atoms with van der Waals surface area (Å²) >= 11 is 0. The van der Waals surface area contributed by atoms with Crippen LogP contribution in [0.25, 0.3) is 0 Å². The molecule has 84 valence electrons. The standard InChI is InChI=1S/C10H18N4O/c1-3-15-7-6-14(2)10-5-4-9(8-11)12-13-10/h4-5H,3,6-8,11H2,1-2H3. The van der Waals surface area contributed by atoms with Crippen molar-refractivity contribution in [1.29, 1.82) is 0 Å². The number of hydrogen-bond acceptors (Lipinski definition) is 5. The van der Waals surface area contributed by atoms with E-state index in [1.54, 1.807) is 0 Å². The van der Waals surface area contributed by atoms with Crippen LogP contribution in [0.4, 0.5) is 5.82 Å². The van der Waals surface area contributed by atoms with Crippen LogP contribution in [0.15, 0.2) is 12.1 Å². The molecule has 1 rings (SSSR count). The maximum absolute atomic E-state index is 5.44. The van der Waals surface area contributed by atoms with Crippen LogP contribution in [0, 0.1) is 0 Å². The van der Waals surface area contributed by atoms with Gasteiger partial charge in [0.2, 0.25) is 0 Å². The Bertz CT molecular complexity index is 275. The molecule has 0 radical (unpaired) electrons. The Balaban J connectivity index is 2.46. The van der Waals surface area contributed by atoms with Gasteiger partial charge in [0.15, 0.2) is 5.82 Å². The number of aromatic nitrogens is 2. The first-order chi connectivity index (χ1) is 7.27. The van der Waals surface area contributed by atoms with Crippen molar-refractivity contribution in [3.63, 3.8) is 0 Å². The monoisotopic (exact) mass is 210 g/mol. The average Bonchev–Trinajstić information content (AvgIpc) is 2.29. The van der Waals surface area contributed by atoms with Crippen LogP contribution in [-0.2, 0) is 11.3 Å². The van der Waals surface area contributed by atoms with Crippen molar-refractivity contribution < 1.29 is 4.74 Å². The molecule has 15 heavy (non-hydrogen) atoms. The number of nitrogens with zero attached hydrogens (tertiary/aromatic N) is 3. The second kappa shape index (κ2) is 6.31. The van der Waals surface area contributed by atoms with E-state index in [-0.39, 0.29) is 0 Å². The molecule has 0 spiro atoms. The minimum atomic E-state index is 0.427. The van der Waals surface area contributed by atoms with E-state index < -0.39 is 0 Å². The summed E-state index contributed by atoms with van der Waals surface area (Å²) in [6.07, 6.45) is 0. The molecule has 0 unspecified atom stereocenters. The molecule has 0 amide bonds. The van der Waals surface area contributed by atoms with Gasteiger partial charge in [0.1, 0.15) is 0 Å². The van der Waals surface area contributed by atoms with Gasteiger partial charge in [0.05, 0.1) is 12.3 Å². The van der Waals surface area contributed by atoms with E-state index in [0.29, 0.717) is 13.2 Å². The number of nitrogens with two attached hydrogens (primary N) is 1. The van der Waals surface area contributed by atoms with Gasteiger partial charge < -0.3 is 15.4 Å². The van der Waals surface area contributed by atoms with Crippen molar-refractivity contribution in [1.82, 2.24) is 10.2 Å². The molecular weight excluding hydrogens is 192 g/mol. The minimum absolute atomic E-state index is 0.427. The Hall–Kier alpha value is -1.20. The largest absolute Gasteiger partial charge is 0.380 e. The van der Waals surface area contributed by atoms with Crippen LogP contribution in [0.2, 0.25) is 0 Å². The zero-order valence-corrected chi connectivity index (χ0v) is 9.31. The summed E-state index contributed by atoms with van der Waals surface area (Å²) in [6, 6.07) is 3.81. The first-order valence-corrected chi connectivity index (χ1v) is 5.09. The number of ether oxygens (including phenoxy) is 1. The summed E-state index contributed by atoms with van der Waals surface area (Å²) in [5, 5.41) is 8.06. The minimum Gasteiger partial charge on any atom is -0.380 e. The van der Waals surface area contributed by atoms with Gasteiger partial charge in [-0.05, 0) is 19.1 Å². The smallest absolute Gasteiger partial charge is 0.151 e. The fourth-order valence-electron chi connectivity index (χ4n) is 1.13. The van der Waals surface area contributed by atoms with Crippen molar-refractivity contribution in [2.75, 3.05) is 31.7 Å². The molecule has 0 saturated heterocycles. The molecule has 0 aliphatic carbocycles. The highest BCUT2D eigenvalue weighted by Gasteiger charge is 2.02. The van der Waals surface area contributed by atoms with Gasteiger partial charge in [0, 0.05) is 26.7 Å². The van der Waals surface area contributed by atoms with Crippen molar-refractivity contribution in [2.45, 2.75) is 13.5 Å². The third kappa shape index (κ3) is 3.81. The van der Waals surface area contributed by atoms with Crippen LogP contribution >= 0.6 is 0 Å². The van der Waals surface area contributed by atoms with Gasteiger partial charge in [-0.15, -0.1) is 5.10 Å². The van der Waals surface area contributed by atoms with Crippen LogP contribution in [0.5, 0.6) is 0 Å². The number of anilines is 1. The summed E-state index contributed by atoms with van der Waals surface area (Å²) in [5.74, 6) is 0.840. The van der Waals surface area contributed by atoms with Gasteiger partial charge in [0.25, 0.3) is 0 Å². The maximum atomic E-state index is 5.44. The molecule has 1 aromatic rings. The van der Waals surface area contributed by atoms with Gasteiger partial charge in [-0.3, -0.25) is 0 Å². The average molecular weight is 210 g/mol. The zero-order valence-electron chi connectivity index (χ0n) is 9.31. The number of likely N-dealkylation sites (N-methyl/N-ethyl adjacent to an activating group) is 1. The van der Waals surface area contributed by atoms with Crippen LogP contribution < -0.4 is 10.6 Å². The lowest BCUT2D eigenvalue weighted by atomic mass is 10.4. The Morgan fingerprint density at radius 2 is 2.20 bits per heavy atom. The van der Waals surface area contributed by atoms with Crippen molar-refractivity contribution in [3.8, 4) is 0 Å². The van der Waals surface area contributed by atoms with E-state index in [1.807, 2.05) is 31.0 Å². The predicted molar refractivity (Wildman–Crippen MR) is 59.7 cm³/mol. The van der Waals surface area contributed by atoms with Crippen molar-refractivity contribution in [2.24, 2.45) is 5.73 Å². The summed E-state index contributed by atoms with van der Waals surface area (Å²) in [7, 11) is 1.96. The van der Waals surface area contributed by atoms with Gasteiger partial charge >= 0.3 is 0 Å². The van der Waals surface area contributed by atoms with Crippen molar-refractivity contribution in [3.05, 3.63) is 17.8 Å². The van der Waals surface area contributed by atoms with E-state index in [2.05, 4.69) is 10.2 Å². The number of rotatable bonds is 6. The van der Waals surface area contributed by atoms with E-state index in [1.165, 1.54) is 0 Å². The lowest BCUT2D eigenvalue weighted by Gasteiger charge is -2.17. The van der Waals surface area contributed by atoms with Crippen LogP contribution in [0.1, 0.15) is 12.6 Å². The molecule has 0 aliphatic rings. The summed E-state index contributed by atoms with van der Waals surface area (Å²) in [5.41, 5.74) is 6.24. The van der Waals surface area contributed by atoms with Crippen LogP contribution in [-0.4, -0.2) is 37.0 Å². The van der Waals surface area contributed by atoms with Crippen LogP contribution in [0.3, 0.4) is 0 Å². The Morgan fingerprint density at radius 1 is 1.40 bits per heavy atom. The predicted octanol–water partition coefficient (Wildman–Crippen LogP) is 0.408. The lowest BCUT2D eigenvalue weighted by molar-refractivity contribution is 0.154.